The third-order valence-corrected chi connectivity index (χ3v) is 3.50. The Balaban J connectivity index is 1.86. The van der Waals surface area contributed by atoms with Crippen LogP contribution in [0.15, 0.2) is 72.9 Å². The number of rotatable bonds is 4. The summed E-state index contributed by atoms with van der Waals surface area (Å²) in [5.74, 6) is -0.357. The first-order valence-electron chi connectivity index (χ1n) is 7.47. The number of esters is 1. The maximum atomic E-state index is 12.5. The average molecular weight is 303 g/mol. The van der Waals surface area contributed by atoms with Crippen LogP contribution in [0.5, 0.6) is 0 Å². The molecule has 3 aromatic rings. The summed E-state index contributed by atoms with van der Waals surface area (Å²) in [5, 5.41) is 0. The second-order valence-electron chi connectivity index (χ2n) is 5.34. The lowest BCUT2D eigenvalue weighted by Gasteiger charge is -2.10. The van der Waals surface area contributed by atoms with Crippen molar-refractivity contribution in [2.45, 2.75) is 13.5 Å². The SMILES string of the molecule is Cc1cnc(-c2ccccc2)c(C(=O)OCc2ccccc2)c1. The zero-order chi connectivity index (χ0) is 16.1. The van der Waals surface area contributed by atoms with Crippen molar-refractivity contribution < 1.29 is 9.53 Å². The number of ether oxygens (including phenoxy) is 1. The molecular weight excluding hydrogens is 286 g/mol. The van der Waals surface area contributed by atoms with Crippen molar-refractivity contribution in [2.24, 2.45) is 0 Å². The quantitative estimate of drug-likeness (QED) is 0.670. The van der Waals surface area contributed by atoms with E-state index < -0.39 is 0 Å². The molecule has 114 valence electrons. The molecule has 1 heterocycles. The van der Waals surface area contributed by atoms with Crippen molar-refractivity contribution in [1.29, 1.82) is 0 Å². The van der Waals surface area contributed by atoms with Gasteiger partial charge in [0.25, 0.3) is 0 Å². The zero-order valence-electron chi connectivity index (χ0n) is 12.9. The fraction of sp³-hybridized carbons (Fsp3) is 0.100. The lowest BCUT2D eigenvalue weighted by molar-refractivity contribution is 0.0473. The van der Waals surface area contributed by atoms with E-state index >= 15 is 0 Å². The zero-order valence-corrected chi connectivity index (χ0v) is 12.9. The van der Waals surface area contributed by atoms with E-state index in [0.717, 1.165) is 16.7 Å². The first-order chi connectivity index (χ1) is 11.2. The molecule has 0 aliphatic rings. The maximum absolute atomic E-state index is 12.5. The highest BCUT2D eigenvalue weighted by Crippen LogP contribution is 2.23. The molecule has 0 N–H and O–H groups in total. The Kier molecular flexibility index (Phi) is 4.48. The third-order valence-electron chi connectivity index (χ3n) is 3.50. The monoisotopic (exact) mass is 303 g/mol. The van der Waals surface area contributed by atoms with Crippen molar-refractivity contribution in [3.05, 3.63) is 89.6 Å². The summed E-state index contributed by atoms with van der Waals surface area (Å²) >= 11 is 0. The molecule has 3 nitrogen and oxygen atoms in total. The maximum Gasteiger partial charge on any atom is 0.340 e. The molecule has 0 atom stereocenters. The lowest BCUT2D eigenvalue weighted by Crippen LogP contribution is -2.08. The largest absolute Gasteiger partial charge is 0.457 e. The molecule has 3 rings (SSSR count). The predicted octanol–water partition coefficient (Wildman–Crippen LogP) is 4.41. The molecule has 1 aromatic heterocycles. The summed E-state index contributed by atoms with van der Waals surface area (Å²) in [6.45, 7) is 2.16. The first kappa shape index (κ1) is 15.0. The van der Waals surface area contributed by atoms with Crippen LogP contribution in [0, 0.1) is 6.92 Å². The summed E-state index contributed by atoms with van der Waals surface area (Å²) in [6.07, 6.45) is 1.76. The molecule has 0 unspecified atom stereocenters. The van der Waals surface area contributed by atoms with E-state index in [0.29, 0.717) is 11.3 Å². The average Bonchev–Trinajstić information content (AvgIpc) is 2.61. The Morgan fingerprint density at radius 3 is 2.35 bits per heavy atom. The third kappa shape index (κ3) is 3.64. The molecule has 23 heavy (non-hydrogen) atoms. The Morgan fingerprint density at radius 1 is 1.00 bits per heavy atom. The molecule has 3 heteroatoms. The number of benzene rings is 2. The molecular formula is C20H17NO2. The van der Waals surface area contributed by atoms with Gasteiger partial charge in [-0.25, -0.2) is 4.79 Å². The van der Waals surface area contributed by atoms with E-state index in [1.165, 1.54) is 0 Å². The number of carbonyl (C=O) groups excluding carboxylic acids is 1. The molecule has 0 aliphatic carbocycles. The highest BCUT2D eigenvalue weighted by atomic mass is 16.5. The summed E-state index contributed by atoms with van der Waals surface area (Å²) in [7, 11) is 0. The number of pyridine rings is 1. The highest BCUT2D eigenvalue weighted by Gasteiger charge is 2.16. The minimum Gasteiger partial charge on any atom is -0.457 e. The number of aromatic nitrogens is 1. The normalized spacial score (nSPS) is 10.3. The smallest absolute Gasteiger partial charge is 0.340 e. The van der Waals surface area contributed by atoms with Crippen LogP contribution in [0.4, 0.5) is 0 Å². The van der Waals surface area contributed by atoms with Gasteiger partial charge in [0.15, 0.2) is 0 Å². The van der Waals surface area contributed by atoms with Gasteiger partial charge in [0, 0.05) is 11.8 Å². The van der Waals surface area contributed by atoms with Gasteiger partial charge in [-0.05, 0) is 24.1 Å². The van der Waals surface area contributed by atoms with Gasteiger partial charge in [-0.2, -0.15) is 0 Å². The summed E-state index contributed by atoms with van der Waals surface area (Å²) in [5.41, 5.74) is 3.93. The number of carbonyl (C=O) groups is 1. The van der Waals surface area contributed by atoms with Crippen molar-refractivity contribution in [1.82, 2.24) is 4.98 Å². The Labute approximate surface area is 135 Å². The summed E-state index contributed by atoms with van der Waals surface area (Å²) in [6, 6.07) is 21.1. The molecule has 0 saturated carbocycles. The molecule has 0 spiro atoms. The van der Waals surface area contributed by atoms with Gasteiger partial charge in [-0.1, -0.05) is 60.7 Å². The molecule has 2 aromatic carbocycles. The van der Waals surface area contributed by atoms with Crippen LogP contribution in [0.25, 0.3) is 11.3 Å². The fourth-order valence-corrected chi connectivity index (χ4v) is 2.35. The van der Waals surface area contributed by atoms with E-state index in [-0.39, 0.29) is 12.6 Å². The van der Waals surface area contributed by atoms with Crippen LogP contribution in [0.1, 0.15) is 21.5 Å². The van der Waals surface area contributed by atoms with E-state index in [1.807, 2.05) is 73.7 Å². The van der Waals surface area contributed by atoms with E-state index in [4.69, 9.17) is 4.74 Å². The standard InChI is InChI=1S/C20H17NO2/c1-15-12-18(19(21-13-15)17-10-6-3-7-11-17)20(22)23-14-16-8-4-2-5-9-16/h2-13H,14H2,1H3. The van der Waals surface area contributed by atoms with Crippen LogP contribution in [0.3, 0.4) is 0 Å². The molecule has 0 saturated heterocycles. The molecule has 0 bridgehead atoms. The summed E-state index contributed by atoms with van der Waals surface area (Å²) in [4.78, 5) is 16.9. The summed E-state index contributed by atoms with van der Waals surface area (Å²) < 4.78 is 5.45. The Morgan fingerprint density at radius 2 is 1.65 bits per heavy atom. The fourth-order valence-electron chi connectivity index (χ4n) is 2.35. The van der Waals surface area contributed by atoms with Crippen LogP contribution in [0.2, 0.25) is 0 Å². The lowest BCUT2D eigenvalue weighted by atomic mass is 10.0. The number of hydrogen-bond donors (Lipinski definition) is 0. The Bertz CT molecular complexity index is 798. The van der Waals surface area contributed by atoms with Gasteiger partial charge in [-0.3, -0.25) is 4.98 Å². The van der Waals surface area contributed by atoms with E-state index in [2.05, 4.69) is 4.98 Å². The number of hydrogen-bond acceptors (Lipinski definition) is 3. The number of aryl methyl sites for hydroxylation is 1. The second kappa shape index (κ2) is 6.88. The first-order valence-corrected chi connectivity index (χ1v) is 7.47. The topological polar surface area (TPSA) is 39.2 Å². The van der Waals surface area contributed by atoms with Gasteiger partial charge in [0.2, 0.25) is 0 Å². The van der Waals surface area contributed by atoms with Gasteiger partial charge in [0.05, 0.1) is 11.3 Å². The molecule has 0 radical (unpaired) electrons. The van der Waals surface area contributed by atoms with Crippen molar-refractivity contribution in [3.63, 3.8) is 0 Å². The predicted molar refractivity (Wildman–Crippen MR) is 90.0 cm³/mol. The van der Waals surface area contributed by atoms with Crippen LogP contribution < -0.4 is 0 Å². The second-order valence-corrected chi connectivity index (χ2v) is 5.34. The van der Waals surface area contributed by atoms with Crippen LogP contribution >= 0.6 is 0 Å². The van der Waals surface area contributed by atoms with Crippen LogP contribution in [-0.4, -0.2) is 11.0 Å². The Hall–Kier alpha value is -2.94. The minimum absolute atomic E-state index is 0.252. The molecule has 0 aliphatic heterocycles. The van der Waals surface area contributed by atoms with Crippen molar-refractivity contribution in [3.8, 4) is 11.3 Å². The van der Waals surface area contributed by atoms with E-state index in [1.54, 1.807) is 6.20 Å². The molecule has 0 fully saturated rings. The van der Waals surface area contributed by atoms with Gasteiger partial charge in [0.1, 0.15) is 6.61 Å². The van der Waals surface area contributed by atoms with Crippen molar-refractivity contribution >= 4 is 5.97 Å². The van der Waals surface area contributed by atoms with Crippen LogP contribution in [-0.2, 0) is 11.3 Å². The van der Waals surface area contributed by atoms with Gasteiger partial charge in [-0.15, -0.1) is 0 Å². The van der Waals surface area contributed by atoms with E-state index in [9.17, 15) is 4.79 Å². The minimum atomic E-state index is -0.357. The van der Waals surface area contributed by atoms with Gasteiger partial charge >= 0.3 is 5.97 Å². The van der Waals surface area contributed by atoms with Crippen molar-refractivity contribution in [2.75, 3.05) is 0 Å². The molecule has 0 amide bonds. The highest BCUT2D eigenvalue weighted by molar-refractivity contribution is 5.96. The van der Waals surface area contributed by atoms with Gasteiger partial charge < -0.3 is 4.74 Å². The number of nitrogens with zero attached hydrogens (tertiary/aromatic N) is 1.